The number of aliphatic carboxylic acids is 1. The molecule has 1 rings (SSSR count). The van der Waals surface area contributed by atoms with Crippen LogP contribution >= 0.6 is 0 Å². The number of nitriles is 1. The van der Waals surface area contributed by atoms with Gasteiger partial charge in [0.2, 0.25) is 5.82 Å². The van der Waals surface area contributed by atoms with Crippen molar-refractivity contribution in [2.75, 3.05) is 0 Å². The third-order valence-electron chi connectivity index (χ3n) is 2.67. The van der Waals surface area contributed by atoms with Crippen molar-refractivity contribution < 1.29 is 31.9 Å². The summed E-state index contributed by atoms with van der Waals surface area (Å²) in [5.41, 5.74) is -4.07. The van der Waals surface area contributed by atoms with Gasteiger partial charge in [-0.2, -0.15) is 5.26 Å². The van der Waals surface area contributed by atoms with E-state index in [1.54, 1.807) is 0 Å². The van der Waals surface area contributed by atoms with E-state index in [1.807, 2.05) is 0 Å². The van der Waals surface area contributed by atoms with Crippen LogP contribution in [-0.2, 0) is 10.2 Å². The number of hydrogen-bond donors (Lipinski definition) is 1. The highest BCUT2D eigenvalue weighted by Gasteiger charge is 2.43. The van der Waals surface area contributed by atoms with Crippen LogP contribution in [0.1, 0.15) is 18.9 Å². The Bertz CT molecular complexity index is 567. The molecular weight excluding hydrogens is 273 g/mol. The summed E-state index contributed by atoms with van der Waals surface area (Å²) < 4.78 is 65.8. The summed E-state index contributed by atoms with van der Waals surface area (Å²) in [7, 11) is 0. The second kappa shape index (κ2) is 4.84. The van der Waals surface area contributed by atoms with Crippen LogP contribution in [0, 0.1) is 40.4 Å². The number of carboxylic acid groups (broad SMARTS) is 1. The van der Waals surface area contributed by atoms with Gasteiger partial charge in [0.15, 0.2) is 23.3 Å². The van der Waals surface area contributed by atoms with Crippen LogP contribution in [0.2, 0.25) is 0 Å². The maximum atomic E-state index is 13.5. The monoisotopic (exact) mass is 279 g/mol. The van der Waals surface area contributed by atoms with E-state index in [2.05, 4.69) is 0 Å². The molecule has 0 heterocycles. The molecule has 19 heavy (non-hydrogen) atoms. The average molecular weight is 279 g/mol. The first kappa shape index (κ1) is 14.9. The Kier molecular flexibility index (Phi) is 3.79. The van der Waals surface area contributed by atoms with E-state index in [0.717, 1.165) is 0 Å². The Balaban J connectivity index is 3.77. The molecule has 102 valence electrons. The number of benzene rings is 1. The molecule has 1 aromatic rings. The quantitative estimate of drug-likeness (QED) is 0.525. The Morgan fingerprint density at radius 2 is 1.47 bits per heavy atom. The zero-order valence-electron chi connectivity index (χ0n) is 9.40. The first-order chi connectivity index (χ1) is 8.68. The molecule has 0 fully saturated rings. The zero-order chi connectivity index (χ0) is 15.0. The molecular formula is C11H6F5NO2. The maximum absolute atomic E-state index is 13.5. The minimum Gasteiger partial charge on any atom is -0.481 e. The first-order valence-corrected chi connectivity index (χ1v) is 4.80. The average Bonchev–Trinajstić information content (AvgIpc) is 2.34. The van der Waals surface area contributed by atoms with Crippen molar-refractivity contribution in [2.45, 2.75) is 18.8 Å². The molecule has 1 unspecified atom stereocenters. The fourth-order valence-electron chi connectivity index (χ4n) is 1.52. The van der Waals surface area contributed by atoms with Gasteiger partial charge in [-0.05, 0) is 6.92 Å². The maximum Gasteiger partial charge on any atom is 0.315 e. The van der Waals surface area contributed by atoms with Crippen molar-refractivity contribution in [1.82, 2.24) is 0 Å². The van der Waals surface area contributed by atoms with Crippen LogP contribution in [0.4, 0.5) is 22.0 Å². The van der Waals surface area contributed by atoms with Crippen LogP contribution in [-0.4, -0.2) is 11.1 Å². The van der Waals surface area contributed by atoms with Crippen molar-refractivity contribution in [2.24, 2.45) is 0 Å². The van der Waals surface area contributed by atoms with Crippen LogP contribution < -0.4 is 0 Å². The smallest absolute Gasteiger partial charge is 0.315 e. The van der Waals surface area contributed by atoms with E-state index in [0.29, 0.717) is 6.92 Å². The SMILES string of the molecule is CC(CC#N)(C(=O)O)c1c(F)c(F)c(F)c(F)c1F. The van der Waals surface area contributed by atoms with Crippen molar-refractivity contribution in [3.05, 3.63) is 34.6 Å². The Hall–Kier alpha value is -2.17. The molecule has 1 N–H and O–H groups in total. The fraction of sp³-hybridized carbons (Fsp3) is 0.273. The number of carbonyl (C=O) groups is 1. The minimum absolute atomic E-state index is 0.705. The lowest BCUT2D eigenvalue weighted by atomic mass is 9.79. The van der Waals surface area contributed by atoms with Crippen molar-refractivity contribution in [1.29, 1.82) is 5.26 Å². The molecule has 0 bridgehead atoms. The number of hydrogen-bond acceptors (Lipinski definition) is 2. The molecule has 0 radical (unpaired) electrons. The minimum atomic E-state index is -2.54. The van der Waals surface area contributed by atoms with Gasteiger partial charge >= 0.3 is 5.97 Å². The van der Waals surface area contributed by atoms with Crippen LogP contribution in [0.3, 0.4) is 0 Å². The summed E-state index contributed by atoms with van der Waals surface area (Å²) >= 11 is 0. The van der Waals surface area contributed by atoms with Crippen molar-refractivity contribution in [3.63, 3.8) is 0 Å². The molecule has 1 aromatic carbocycles. The van der Waals surface area contributed by atoms with Gasteiger partial charge in [-0.1, -0.05) is 0 Å². The molecule has 0 amide bonds. The molecule has 0 saturated heterocycles. The summed E-state index contributed by atoms with van der Waals surface area (Å²) in [6.07, 6.45) is -0.958. The van der Waals surface area contributed by atoms with Crippen molar-refractivity contribution >= 4 is 5.97 Å². The highest BCUT2D eigenvalue weighted by atomic mass is 19.2. The molecule has 0 aliphatic rings. The van der Waals surface area contributed by atoms with Gasteiger partial charge in [-0.3, -0.25) is 4.79 Å². The van der Waals surface area contributed by atoms with Gasteiger partial charge in [0.05, 0.1) is 12.5 Å². The number of carboxylic acids is 1. The molecule has 8 heteroatoms. The fourth-order valence-corrected chi connectivity index (χ4v) is 1.52. The standard InChI is InChI=1S/C11H6F5NO2/c1-11(2-3-17,10(18)19)4-5(12)7(14)9(16)8(15)6(4)13/h2H2,1H3,(H,18,19). The topological polar surface area (TPSA) is 61.1 Å². The Morgan fingerprint density at radius 1 is 1.11 bits per heavy atom. The lowest BCUT2D eigenvalue weighted by Crippen LogP contribution is -2.35. The third-order valence-corrected chi connectivity index (χ3v) is 2.67. The third kappa shape index (κ3) is 2.12. The summed E-state index contributed by atoms with van der Waals surface area (Å²) in [6, 6.07) is 1.34. The van der Waals surface area contributed by atoms with Gasteiger partial charge in [0.25, 0.3) is 0 Å². The molecule has 0 aliphatic heterocycles. The summed E-state index contributed by atoms with van der Waals surface area (Å²) in [4.78, 5) is 11.0. The molecule has 3 nitrogen and oxygen atoms in total. The van der Waals surface area contributed by atoms with Gasteiger partial charge in [0, 0.05) is 5.56 Å². The summed E-state index contributed by atoms with van der Waals surface area (Å²) in [5, 5.41) is 17.4. The number of nitrogens with zero attached hydrogens (tertiary/aromatic N) is 1. The zero-order valence-corrected chi connectivity index (χ0v) is 9.40. The summed E-state index contributed by atoms with van der Waals surface area (Å²) in [5.74, 6) is -13.3. The predicted octanol–water partition coefficient (Wildman–Crippen LogP) is 2.64. The van der Waals surface area contributed by atoms with Gasteiger partial charge in [-0.15, -0.1) is 0 Å². The Labute approximate surface area is 103 Å². The van der Waals surface area contributed by atoms with E-state index in [1.165, 1.54) is 6.07 Å². The normalized spacial score (nSPS) is 13.7. The summed E-state index contributed by atoms with van der Waals surface area (Å²) in [6.45, 7) is 0.705. The van der Waals surface area contributed by atoms with E-state index < -0.39 is 52.5 Å². The molecule has 0 aliphatic carbocycles. The molecule has 0 aromatic heterocycles. The van der Waals surface area contributed by atoms with Crippen LogP contribution in [0.25, 0.3) is 0 Å². The van der Waals surface area contributed by atoms with E-state index in [-0.39, 0.29) is 0 Å². The number of halogens is 5. The lowest BCUT2D eigenvalue weighted by molar-refractivity contribution is -0.143. The predicted molar refractivity (Wildman–Crippen MR) is 51.4 cm³/mol. The number of rotatable bonds is 3. The van der Waals surface area contributed by atoms with Gasteiger partial charge in [0.1, 0.15) is 5.41 Å². The van der Waals surface area contributed by atoms with Crippen LogP contribution in [0.15, 0.2) is 0 Å². The largest absolute Gasteiger partial charge is 0.481 e. The highest BCUT2D eigenvalue weighted by Crippen LogP contribution is 2.35. The molecule has 1 atom stereocenters. The lowest BCUT2D eigenvalue weighted by Gasteiger charge is -2.23. The van der Waals surface area contributed by atoms with E-state index in [9.17, 15) is 26.7 Å². The highest BCUT2D eigenvalue weighted by molar-refractivity contribution is 5.81. The Morgan fingerprint density at radius 3 is 1.79 bits per heavy atom. The van der Waals surface area contributed by atoms with Gasteiger partial charge < -0.3 is 5.11 Å². The second-order valence-electron chi connectivity index (χ2n) is 3.92. The van der Waals surface area contributed by atoms with Crippen molar-refractivity contribution in [3.8, 4) is 6.07 Å². The second-order valence-corrected chi connectivity index (χ2v) is 3.92. The molecule has 0 saturated carbocycles. The van der Waals surface area contributed by atoms with Gasteiger partial charge in [-0.25, -0.2) is 22.0 Å². The first-order valence-electron chi connectivity index (χ1n) is 4.80. The van der Waals surface area contributed by atoms with E-state index in [4.69, 9.17) is 10.4 Å². The van der Waals surface area contributed by atoms with E-state index >= 15 is 0 Å². The molecule has 0 spiro atoms. The van der Waals surface area contributed by atoms with Crippen LogP contribution in [0.5, 0.6) is 0 Å².